The minimum absolute atomic E-state index is 0.200. The summed E-state index contributed by atoms with van der Waals surface area (Å²) in [5.41, 5.74) is 4.76. The molecule has 0 aromatic carbocycles. The van der Waals surface area contributed by atoms with Crippen LogP contribution in [0.2, 0.25) is 0 Å². The van der Waals surface area contributed by atoms with Gasteiger partial charge in [-0.2, -0.15) is 0 Å². The maximum Gasteiger partial charge on any atom is 0.198 e. The second-order valence-electron chi connectivity index (χ2n) is 4.36. The summed E-state index contributed by atoms with van der Waals surface area (Å²) >= 11 is 0. The van der Waals surface area contributed by atoms with E-state index in [0.29, 0.717) is 18.4 Å². The number of carbonyl (C=O) groups excluding carboxylic acids is 1. The number of aromatic nitrogens is 1. The van der Waals surface area contributed by atoms with Gasteiger partial charge >= 0.3 is 0 Å². The predicted molar refractivity (Wildman–Crippen MR) is 61.0 cm³/mol. The summed E-state index contributed by atoms with van der Waals surface area (Å²) in [7, 11) is 0. The van der Waals surface area contributed by atoms with Crippen molar-refractivity contribution in [3.05, 3.63) is 23.9 Å². The van der Waals surface area contributed by atoms with E-state index in [1.54, 1.807) is 12.1 Å². The number of pyridine rings is 1. The van der Waals surface area contributed by atoms with Crippen LogP contribution in [0.5, 0.6) is 0 Å². The molecule has 0 amide bonds. The Morgan fingerprint density at radius 3 is 2.69 bits per heavy atom. The van der Waals surface area contributed by atoms with Crippen LogP contribution in [-0.2, 0) is 0 Å². The SMILES string of the molecule is Nc1ncccc1C(=O)C1(O)CCCCC1. The molecule has 16 heavy (non-hydrogen) atoms. The molecule has 0 unspecified atom stereocenters. The fourth-order valence-corrected chi connectivity index (χ4v) is 2.22. The van der Waals surface area contributed by atoms with Crippen LogP contribution in [-0.4, -0.2) is 21.5 Å². The minimum Gasteiger partial charge on any atom is -0.383 e. The summed E-state index contributed by atoms with van der Waals surface area (Å²) in [6, 6.07) is 3.28. The van der Waals surface area contributed by atoms with Crippen LogP contribution < -0.4 is 5.73 Å². The quantitative estimate of drug-likeness (QED) is 0.741. The van der Waals surface area contributed by atoms with E-state index in [4.69, 9.17) is 5.73 Å². The van der Waals surface area contributed by atoms with Gasteiger partial charge in [0, 0.05) is 6.20 Å². The molecule has 3 N–H and O–H groups in total. The standard InChI is InChI=1S/C12H16N2O2/c13-11-9(5-4-8-14-11)10(15)12(16)6-2-1-3-7-12/h4-5,8,16H,1-3,6-7H2,(H2,13,14). The van der Waals surface area contributed by atoms with Crippen molar-refractivity contribution in [1.82, 2.24) is 4.98 Å². The van der Waals surface area contributed by atoms with Gasteiger partial charge in [-0.25, -0.2) is 4.98 Å². The summed E-state index contributed by atoms with van der Waals surface area (Å²) in [4.78, 5) is 16.0. The molecule has 0 spiro atoms. The van der Waals surface area contributed by atoms with Crippen LogP contribution >= 0.6 is 0 Å². The lowest BCUT2D eigenvalue weighted by Crippen LogP contribution is -2.40. The van der Waals surface area contributed by atoms with Crippen molar-refractivity contribution in [2.45, 2.75) is 37.7 Å². The van der Waals surface area contributed by atoms with Crippen LogP contribution in [0.3, 0.4) is 0 Å². The third kappa shape index (κ3) is 1.93. The summed E-state index contributed by atoms with van der Waals surface area (Å²) in [6.07, 6.45) is 5.46. The highest BCUT2D eigenvalue weighted by molar-refractivity contribution is 6.05. The zero-order valence-corrected chi connectivity index (χ0v) is 9.15. The van der Waals surface area contributed by atoms with Gasteiger partial charge in [-0.05, 0) is 25.0 Å². The maximum absolute atomic E-state index is 12.2. The maximum atomic E-state index is 12.2. The van der Waals surface area contributed by atoms with Gasteiger partial charge in [0.05, 0.1) is 5.56 Å². The first-order valence-electron chi connectivity index (χ1n) is 5.61. The molecule has 1 aromatic heterocycles. The smallest absolute Gasteiger partial charge is 0.198 e. The Morgan fingerprint density at radius 2 is 2.06 bits per heavy atom. The fraction of sp³-hybridized carbons (Fsp3) is 0.500. The number of hydrogen-bond donors (Lipinski definition) is 2. The largest absolute Gasteiger partial charge is 0.383 e. The van der Waals surface area contributed by atoms with Gasteiger partial charge in [0.25, 0.3) is 0 Å². The van der Waals surface area contributed by atoms with Crippen LogP contribution in [0.15, 0.2) is 18.3 Å². The van der Waals surface area contributed by atoms with Crippen LogP contribution in [0.1, 0.15) is 42.5 Å². The van der Waals surface area contributed by atoms with E-state index in [0.717, 1.165) is 19.3 Å². The summed E-state index contributed by atoms with van der Waals surface area (Å²) < 4.78 is 0. The van der Waals surface area contributed by atoms with E-state index < -0.39 is 5.60 Å². The lowest BCUT2D eigenvalue weighted by Gasteiger charge is -2.30. The Labute approximate surface area is 94.5 Å². The van der Waals surface area contributed by atoms with Gasteiger partial charge in [-0.1, -0.05) is 19.3 Å². The zero-order chi connectivity index (χ0) is 11.6. The molecule has 0 atom stereocenters. The zero-order valence-electron chi connectivity index (χ0n) is 9.15. The van der Waals surface area contributed by atoms with Crippen LogP contribution in [0.25, 0.3) is 0 Å². The average Bonchev–Trinajstić information content (AvgIpc) is 2.30. The number of anilines is 1. The summed E-state index contributed by atoms with van der Waals surface area (Å²) in [5.74, 6) is -0.0794. The van der Waals surface area contributed by atoms with Gasteiger partial charge in [-0.15, -0.1) is 0 Å². The molecule has 0 radical (unpaired) electrons. The molecule has 4 heteroatoms. The molecule has 1 aliphatic rings. The van der Waals surface area contributed by atoms with E-state index in [2.05, 4.69) is 4.98 Å². The van der Waals surface area contributed by atoms with Gasteiger partial charge in [0.15, 0.2) is 5.78 Å². The van der Waals surface area contributed by atoms with Gasteiger partial charge in [-0.3, -0.25) is 4.79 Å². The normalized spacial score (nSPS) is 19.3. The molecule has 4 nitrogen and oxygen atoms in total. The predicted octanol–water partition coefficient (Wildman–Crippen LogP) is 1.54. The monoisotopic (exact) mass is 220 g/mol. The van der Waals surface area contributed by atoms with Crippen molar-refractivity contribution in [3.63, 3.8) is 0 Å². The van der Waals surface area contributed by atoms with E-state index >= 15 is 0 Å². The number of nitrogens with two attached hydrogens (primary N) is 1. The fourth-order valence-electron chi connectivity index (χ4n) is 2.22. The van der Waals surface area contributed by atoms with E-state index in [9.17, 15) is 9.90 Å². The number of aliphatic hydroxyl groups is 1. The number of rotatable bonds is 2. The number of nitrogens with zero attached hydrogens (tertiary/aromatic N) is 1. The molecule has 1 fully saturated rings. The van der Waals surface area contributed by atoms with Crippen molar-refractivity contribution in [3.8, 4) is 0 Å². The lowest BCUT2D eigenvalue weighted by molar-refractivity contribution is 0.0117. The topological polar surface area (TPSA) is 76.2 Å². The van der Waals surface area contributed by atoms with Crippen LogP contribution in [0, 0.1) is 0 Å². The molecule has 2 rings (SSSR count). The van der Waals surface area contributed by atoms with Crippen molar-refractivity contribution < 1.29 is 9.90 Å². The number of Topliss-reactive ketones (excluding diaryl/α,β-unsaturated/α-hetero) is 1. The highest BCUT2D eigenvalue weighted by Crippen LogP contribution is 2.31. The van der Waals surface area contributed by atoms with Gasteiger partial charge < -0.3 is 10.8 Å². The first-order chi connectivity index (χ1) is 7.63. The molecular weight excluding hydrogens is 204 g/mol. The van der Waals surface area contributed by atoms with Crippen LogP contribution in [0.4, 0.5) is 5.82 Å². The molecular formula is C12H16N2O2. The molecule has 86 valence electrons. The Bertz CT molecular complexity index is 398. The first kappa shape index (κ1) is 11.1. The number of ketones is 1. The molecule has 1 saturated carbocycles. The van der Waals surface area contributed by atoms with Crippen molar-refractivity contribution >= 4 is 11.6 Å². The third-order valence-electron chi connectivity index (χ3n) is 3.19. The highest BCUT2D eigenvalue weighted by atomic mass is 16.3. The third-order valence-corrected chi connectivity index (χ3v) is 3.19. The second kappa shape index (κ2) is 4.22. The Hall–Kier alpha value is -1.42. The molecule has 0 aliphatic heterocycles. The molecule has 1 aromatic rings. The Morgan fingerprint density at radius 1 is 1.38 bits per heavy atom. The van der Waals surface area contributed by atoms with Crippen molar-refractivity contribution in [2.75, 3.05) is 5.73 Å². The highest BCUT2D eigenvalue weighted by Gasteiger charge is 2.38. The molecule has 0 saturated heterocycles. The number of hydrogen-bond acceptors (Lipinski definition) is 4. The number of carbonyl (C=O) groups is 1. The minimum atomic E-state index is -1.23. The Balaban J connectivity index is 2.28. The molecule has 1 heterocycles. The first-order valence-corrected chi connectivity index (χ1v) is 5.61. The Kier molecular flexibility index (Phi) is 2.92. The summed E-state index contributed by atoms with van der Waals surface area (Å²) in [6.45, 7) is 0. The second-order valence-corrected chi connectivity index (χ2v) is 4.36. The summed E-state index contributed by atoms with van der Waals surface area (Å²) in [5, 5.41) is 10.3. The lowest BCUT2D eigenvalue weighted by atomic mass is 9.79. The molecule has 0 bridgehead atoms. The van der Waals surface area contributed by atoms with E-state index in [1.165, 1.54) is 6.20 Å². The van der Waals surface area contributed by atoms with Crippen molar-refractivity contribution in [2.24, 2.45) is 0 Å². The van der Waals surface area contributed by atoms with Gasteiger partial charge in [0.2, 0.25) is 0 Å². The van der Waals surface area contributed by atoms with Gasteiger partial charge in [0.1, 0.15) is 11.4 Å². The van der Waals surface area contributed by atoms with E-state index in [-0.39, 0.29) is 11.6 Å². The molecule has 1 aliphatic carbocycles. The number of nitrogen functional groups attached to an aromatic ring is 1. The average molecular weight is 220 g/mol. The van der Waals surface area contributed by atoms with E-state index in [1.807, 2.05) is 0 Å². The van der Waals surface area contributed by atoms with Crippen molar-refractivity contribution in [1.29, 1.82) is 0 Å².